The standard InChI is InChI=1S/C22H17ClN2O4/c23-19-7-3-1-5-17(19)14-29-20-8-4-2-6-18(20)21(26)25-24-13-15-9-11-16(12-10-15)22(27)28/h1-13H,14H2,(H,25,26)(H,27,28)/b24-13-. The van der Waals surface area contributed by atoms with Gasteiger partial charge >= 0.3 is 5.97 Å². The lowest BCUT2D eigenvalue weighted by atomic mass is 10.1. The SMILES string of the molecule is O=C(O)c1ccc(/C=N\NC(=O)c2ccccc2OCc2ccccc2Cl)cc1. The summed E-state index contributed by atoms with van der Waals surface area (Å²) in [5.74, 6) is -1.03. The molecule has 0 atom stereocenters. The molecule has 3 aromatic carbocycles. The van der Waals surface area contributed by atoms with Crippen LogP contribution in [0.25, 0.3) is 0 Å². The maximum atomic E-state index is 12.5. The Morgan fingerprint density at radius 3 is 2.41 bits per heavy atom. The molecule has 0 saturated heterocycles. The number of benzene rings is 3. The van der Waals surface area contributed by atoms with Gasteiger partial charge in [-0.05, 0) is 35.9 Å². The van der Waals surface area contributed by atoms with Gasteiger partial charge in [0.1, 0.15) is 12.4 Å². The molecule has 0 unspecified atom stereocenters. The predicted octanol–water partition coefficient (Wildman–Crippen LogP) is 4.38. The minimum atomic E-state index is -1.00. The van der Waals surface area contributed by atoms with E-state index >= 15 is 0 Å². The number of rotatable bonds is 7. The van der Waals surface area contributed by atoms with Crippen molar-refractivity contribution >= 4 is 29.7 Å². The Bertz CT molecular complexity index is 1050. The lowest BCUT2D eigenvalue weighted by Gasteiger charge is -2.11. The maximum absolute atomic E-state index is 12.5. The van der Waals surface area contributed by atoms with Gasteiger partial charge in [0.25, 0.3) is 5.91 Å². The van der Waals surface area contributed by atoms with E-state index in [0.29, 0.717) is 21.9 Å². The number of hydrazone groups is 1. The molecule has 6 nitrogen and oxygen atoms in total. The number of nitrogens with zero attached hydrogens (tertiary/aromatic N) is 1. The van der Waals surface area contributed by atoms with Gasteiger partial charge < -0.3 is 9.84 Å². The molecule has 0 aliphatic heterocycles. The summed E-state index contributed by atoms with van der Waals surface area (Å²) in [6.45, 7) is 0.225. The lowest BCUT2D eigenvalue weighted by molar-refractivity contribution is 0.0696. The molecule has 0 spiro atoms. The molecule has 0 aromatic heterocycles. The van der Waals surface area contributed by atoms with Crippen LogP contribution in [-0.4, -0.2) is 23.2 Å². The first kappa shape index (κ1) is 20.1. The summed E-state index contributed by atoms with van der Waals surface area (Å²) in [6.07, 6.45) is 1.43. The number of para-hydroxylation sites is 1. The molecule has 1 amide bonds. The number of hydrogen-bond acceptors (Lipinski definition) is 4. The number of nitrogens with one attached hydrogen (secondary N) is 1. The second-order valence-corrected chi connectivity index (χ2v) is 6.41. The van der Waals surface area contributed by atoms with Crippen molar-refractivity contribution in [3.05, 3.63) is 100 Å². The third kappa shape index (κ3) is 5.43. The first-order valence-corrected chi connectivity index (χ1v) is 9.04. The van der Waals surface area contributed by atoms with Crippen molar-refractivity contribution in [1.29, 1.82) is 0 Å². The fourth-order valence-electron chi connectivity index (χ4n) is 2.49. The molecule has 0 fully saturated rings. The van der Waals surface area contributed by atoms with E-state index in [9.17, 15) is 9.59 Å². The molecule has 0 bridgehead atoms. The van der Waals surface area contributed by atoms with E-state index in [1.54, 1.807) is 42.5 Å². The molecule has 3 aromatic rings. The minimum absolute atomic E-state index is 0.177. The smallest absolute Gasteiger partial charge is 0.335 e. The fourth-order valence-corrected chi connectivity index (χ4v) is 2.68. The summed E-state index contributed by atoms with van der Waals surface area (Å²) in [4.78, 5) is 23.3. The fraction of sp³-hybridized carbons (Fsp3) is 0.0455. The van der Waals surface area contributed by atoms with Crippen molar-refractivity contribution in [2.24, 2.45) is 5.10 Å². The van der Waals surface area contributed by atoms with Crippen molar-refractivity contribution in [2.75, 3.05) is 0 Å². The summed E-state index contributed by atoms with van der Waals surface area (Å²) in [6, 6.07) is 20.3. The summed E-state index contributed by atoms with van der Waals surface area (Å²) in [5.41, 5.74) is 4.41. The molecule has 7 heteroatoms. The third-order valence-corrected chi connectivity index (χ3v) is 4.38. The van der Waals surface area contributed by atoms with Crippen LogP contribution >= 0.6 is 11.6 Å². The van der Waals surface area contributed by atoms with Gasteiger partial charge in [0.05, 0.1) is 17.3 Å². The quantitative estimate of drug-likeness (QED) is 0.448. The Hall–Kier alpha value is -3.64. The maximum Gasteiger partial charge on any atom is 0.335 e. The van der Waals surface area contributed by atoms with Gasteiger partial charge in [-0.15, -0.1) is 0 Å². The Kier molecular flexibility index (Phi) is 6.60. The largest absolute Gasteiger partial charge is 0.488 e. The van der Waals surface area contributed by atoms with Gasteiger partial charge in [-0.1, -0.05) is 54.1 Å². The second kappa shape index (κ2) is 9.52. The second-order valence-electron chi connectivity index (χ2n) is 6.00. The van der Waals surface area contributed by atoms with E-state index in [0.717, 1.165) is 5.56 Å². The molecule has 0 radical (unpaired) electrons. The molecule has 0 saturated carbocycles. The number of ether oxygens (including phenoxy) is 1. The van der Waals surface area contributed by atoms with E-state index in [2.05, 4.69) is 10.5 Å². The van der Waals surface area contributed by atoms with Crippen molar-refractivity contribution < 1.29 is 19.4 Å². The van der Waals surface area contributed by atoms with Gasteiger partial charge in [-0.25, -0.2) is 10.2 Å². The average Bonchev–Trinajstić information content (AvgIpc) is 2.73. The molecule has 3 rings (SSSR count). The highest BCUT2D eigenvalue weighted by atomic mass is 35.5. The molecule has 0 aliphatic rings. The van der Waals surface area contributed by atoms with E-state index in [-0.39, 0.29) is 12.2 Å². The van der Waals surface area contributed by atoms with Crippen LogP contribution in [0, 0.1) is 0 Å². The Morgan fingerprint density at radius 1 is 1.00 bits per heavy atom. The molecule has 29 heavy (non-hydrogen) atoms. The first-order valence-electron chi connectivity index (χ1n) is 8.66. The zero-order valence-corrected chi connectivity index (χ0v) is 16.0. The van der Waals surface area contributed by atoms with Crippen LogP contribution in [0.2, 0.25) is 5.02 Å². The summed E-state index contributed by atoms with van der Waals surface area (Å²) in [7, 11) is 0. The number of carboxylic acid groups (broad SMARTS) is 1. The molecule has 0 aliphatic carbocycles. The van der Waals surface area contributed by atoms with Crippen LogP contribution in [0.3, 0.4) is 0 Å². The van der Waals surface area contributed by atoms with E-state index in [1.165, 1.54) is 18.3 Å². The van der Waals surface area contributed by atoms with Crippen molar-refractivity contribution in [1.82, 2.24) is 5.43 Å². The van der Waals surface area contributed by atoms with Crippen LogP contribution in [0.4, 0.5) is 0 Å². The summed E-state index contributed by atoms with van der Waals surface area (Å²) >= 11 is 6.14. The van der Waals surface area contributed by atoms with Gasteiger partial charge in [-0.2, -0.15) is 5.10 Å². The van der Waals surface area contributed by atoms with Gasteiger partial charge in [-0.3, -0.25) is 4.79 Å². The van der Waals surface area contributed by atoms with Crippen molar-refractivity contribution in [2.45, 2.75) is 6.61 Å². The number of aromatic carboxylic acids is 1. The summed E-state index contributed by atoms with van der Waals surface area (Å²) < 4.78 is 5.77. The normalized spacial score (nSPS) is 10.7. The first-order chi connectivity index (χ1) is 14.0. The Balaban J connectivity index is 1.65. The molecule has 146 valence electrons. The molecular formula is C22H17ClN2O4. The van der Waals surface area contributed by atoms with Crippen LogP contribution in [-0.2, 0) is 6.61 Å². The van der Waals surface area contributed by atoms with Crippen LogP contribution in [0.5, 0.6) is 5.75 Å². The van der Waals surface area contributed by atoms with Gasteiger partial charge in [0, 0.05) is 10.6 Å². The van der Waals surface area contributed by atoms with Gasteiger partial charge in [0.2, 0.25) is 0 Å². The molecule has 0 heterocycles. The number of halogens is 1. The molecular weight excluding hydrogens is 392 g/mol. The van der Waals surface area contributed by atoms with Crippen LogP contribution < -0.4 is 10.2 Å². The van der Waals surface area contributed by atoms with Crippen LogP contribution in [0.1, 0.15) is 31.8 Å². The highest BCUT2D eigenvalue weighted by molar-refractivity contribution is 6.31. The number of amides is 1. The average molecular weight is 409 g/mol. The zero-order valence-electron chi connectivity index (χ0n) is 15.2. The topological polar surface area (TPSA) is 88.0 Å². The number of carbonyl (C=O) groups is 2. The third-order valence-electron chi connectivity index (χ3n) is 4.01. The Morgan fingerprint density at radius 2 is 1.69 bits per heavy atom. The van der Waals surface area contributed by atoms with Crippen LogP contribution in [0.15, 0.2) is 77.9 Å². The lowest BCUT2D eigenvalue weighted by Crippen LogP contribution is -2.18. The molecule has 2 N–H and O–H groups in total. The number of hydrogen-bond donors (Lipinski definition) is 2. The number of carboxylic acids is 1. The number of carbonyl (C=O) groups excluding carboxylic acids is 1. The predicted molar refractivity (Wildman–Crippen MR) is 111 cm³/mol. The highest BCUT2D eigenvalue weighted by Gasteiger charge is 2.12. The monoisotopic (exact) mass is 408 g/mol. The van der Waals surface area contributed by atoms with Crippen molar-refractivity contribution in [3.63, 3.8) is 0 Å². The Labute approximate surface area is 172 Å². The van der Waals surface area contributed by atoms with E-state index in [4.69, 9.17) is 21.4 Å². The van der Waals surface area contributed by atoms with E-state index in [1.807, 2.05) is 18.2 Å². The zero-order chi connectivity index (χ0) is 20.6. The van der Waals surface area contributed by atoms with Gasteiger partial charge in [0.15, 0.2) is 0 Å². The minimum Gasteiger partial charge on any atom is -0.488 e. The van der Waals surface area contributed by atoms with E-state index < -0.39 is 11.9 Å². The van der Waals surface area contributed by atoms with Crippen molar-refractivity contribution in [3.8, 4) is 5.75 Å². The summed E-state index contributed by atoms with van der Waals surface area (Å²) in [5, 5.41) is 13.4. The highest BCUT2D eigenvalue weighted by Crippen LogP contribution is 2.22.